The highest BCUT2D eigenvalue weighted by atomic mass is 16.6. The maximum atomic E-state index is 11.5. The molecule has 158 valence electrons. The molecule has 9 nitrogen and oxygen atoms in total. The Morgan fingerprint density at radius 2 is 1.74 bits per heavy atom. The van der Waals surface area contributed by atoms with Gasteiger partial charge < -0.3 is 14.2 Å². The molecule has 2 aromatic carbocycles. The van der Waals surface area contributed by atoms with E-state index in [1.54, 1.807) is 30.4 Å². The quantitative estimate of drug-likeness (QED) is 0.251. The lowest BCUT2D eigenvalue weighted by Crippen LogP contribution is -2.06. The zero-order valence-corrected chi connectivity index (χ0v) is 16.9. The predicted molar refractivity (Wildman–Crippen MR) is 113 cm³/mol. The maximum absolute atomic E-state index is 11.5. The molecule has 31 heavy (non-hydrogen) atoms. The number of fused-ring (bicyclic) bond motifs is 1. The lowest BCUT2D eigenvalue weighted by molar-refractivity contribution is -0.385. The standard InChI is InChI=1S/C22H18N2O7/c1-13(25)30-19-6-4-5-16-8-10-17(23-21(16)19)9-7-15-11-18(24(27)28)22(31-14(2)26)20(12-15)29-3/h4-12H,1-3H3. The van der Waals surface area contributed by atoms with Crippen LogP contribution in [0.25, 0.3) is 23.1 Å². The lowest BCUT2D eigenvalue weighted by Gasteiger charge is -2.09. The van der Waals surface area contributed by atoms with E-state index in [1.807, 2.05) is 12.1 Å². The molecule has 0 saturated carbocycles. The second-order valence-electron chi connectivity index (χ2n) is 6.41. The average molecular weight is 422 g/mol. The van der Waals surface area contributed by atoms with Crippen LogP contribution in [0, 0.1) is 10.1 Å². The highest BCUT2D eigenvalue weighted by Gasteiger charge is 2.23. The molecule has 0 N–H and O–H groups in total. The molecular weight excluding hydrogens is 404 g/mol. The van der Waals surface area contributed by atoms with Gasteiger partial charge in [0.1, 0.15) is 5.52 Å². The lowest BCUT2D eigenvalue weighted by atomic mass is 10.1. The van der Waals surface area contributed by atoms with Gasteiger partial charge in [-0.2, -0.15) is 0 Å². The van der Waals surface area contributed by atoms with Gasteiger partial charge in [0, 0.05) is 25.3 Å². The van der Waals surface area contributed by atoms with Gasteiger partial charge in [-0.1, -0.05) is 24.3 Å². The molecule has 0 amide bonds. The van der Waals surface area contributed by atoms with E-state index in [-0.39, 0.29) is 11.5 Å². The number of nitro benzene ring substituents is 1. The number of methoxy groups -OCH3 is 1. The van der Waals surface area contributed by atoms with E-state index in [4.69, 9.17) is 14.2 Å². The summed E-state index contributed by atoms with van der Waals surface area (Å²) in [6, 6.07) is 11.6. The molecule has 0 fully saturated rings. The van der Waals surface area contributed by atoms with Crippen molar-refractivity contribution in [2.75, 3.05) is 7.11 Å². The third-order valence-corrected chi connectivity index (χ3v) is 4.12. The number of nitrogens with zero attached hydrogens (tertiary/aromatic N) is 2. The van der Waals surface area contributed by atoms with Crippen molar-refractivity contribution in [3.63, 3.8) is 0 Å². The van der Waals surface area contributed by atoms with Gasteiger partial charge in [-0.15, -0.1) is 0 Å². The van der Waals surface area contributed by atoms with E-state index in [1.165, 1.54) is 26.2 Å². The summed E-state index contributed by atoms with van der Waals surface area (Å²) in [4.78, 5) is 37.9. The summed E-state index contributed by atoms with van der Waals surface area (Å²) in [5.41, 5.74) is 1.08. The number of esters is 2. The Labute approximate surface area is 177 Å². The molecule has 0 saturated heterocycles. The minimum atomic E-state index is -0.700. The highest BCUT2D eigenvalue weighted by Crippen LogP contribution is 2.39. The van der Waals surface area contributed by atoms with Gasteiger partial charge in [-0.3, -0.25) is 19.7 Å². The van der Waals surface area contributed by atoms with Crippen molar-refractivity contribution < 1.29 is 28.7 Å². The third-order valence-electron chi connectivity index (χ3n) is 4.12. The topological polar surface area (TPSA) is 118 Å². The molecule has 3 rings (SSSR count). The summed E-state index contributed by atoms with van der Waals surface area (Å²) in [7, 11) is 1.32. The van der Waals surface area contributed by atoms with Gasteiger partial charge >= 0.3 is 17.6 Å². The normalized spacial score (nSPS) is 10.8. The average Bonchev–Trinajstić information content (AvgIpc) is 2.72. The molecular formula is C22H18N2O7. The van der Waals surface area contributed by atoms with Crippen molar-refractivity contribution in [1.82, 2.24) is 4.98 Å². The Balaban J connectivity index is 2.02. The van der Waals surface area contributed by atoms with Crippen LogP contribution in [0.1, 0.15) is 25.1 Å². The molecule has 3 aromatic rings. The number of ether oxygens (including phenoxy) is 3. The van der Waals surface area contributed by atoms with Crippen molar-refractivity contribution >= 4 is 40.7 Å². The van der Waals surface area contributed by atoms with Gasteiger partial charge in [-0.25, -0.2) is 4.98 Å². The number of hydrogen-bond donors (Lipinski definition) is 0. The molecule has 0 unspecified atom stereocenters. The Morgan fingerprint density at radius 1 is 1.00 bits per heavy atom. The molecule has 0 spiro atoms. The van der Waals surface area contributed by atoms with Crippen LogP contribution >= 0.6 is 0 Å². The molecule has 0 aliphatic carbocycles. The first-order valence-corrected chi connectivity index (χ1v) is 9.09. The first-order chi connectivity index (χ1) is 14.8. The number of carbonyl (C=O) groups is 2. The summed E-state index contributed by atoms with van der Waals surface area (Å²) in [5.74, 6) is -1.03. The van der Waals surface area contributed by atoms with Crippen molar-refractivity contribution in [3.05, 3.63) is 63.8 Å². The van der Waals surface area contributed by atoms with Crippen LogP contribution in [0.15, 0.2) is 42.5 Å². The zero-order chi connectivity index (χ0) is 22.5. The Hall–Kier alpha value is -4.27. The smallest absolute Gasteiger partial charge is 0.316 e. The Morgan fingerprint density at radius 3 is 2.39 bits per heavy atom. The van der Waals surface area contributed by atoms with Crippen molar-refractivity contribution in [2.45, 2.75) is 13.8 Å². The molecule has 1 heterocycles. The van der Waals surface area contributed by atoms with Gasteiger partial charge in [0.2, 0.25) is 5.75 Å². The zero-order valence-electron chi connectivity index (χ0n) is 16.9. The van der Waals surface area contributed by atoms with Crippen LogP contribution in [0.5, 0.6) is 17.2 Å². The SMILES string of the molecule is COc1cc(C=Cc2ccc3cccc(OC(C)=O)c3n2)cc([N+](=O)[O-])c1OC(C)=O. The van der Waals surface area contributed by atoms with E-state index >= 15 is 0 Å². The first-order valence-electron chi connectivity index (χ1n) is 9.09. The fourth-order valence-corrected chi connectivity index (χ4v) is 2.88. The fourth-order valence-electron chi connectivity index (χ4n) is 2.88. The molecule has 0 radical (unpaired) electrons. The number of para-hydroxylation sites is 1. The summed E-state index contributed by atoms with van der Waals surface area (Å²) in [6.07, 6.45) is 3.25. The van der Waals surface area contributed by atoms with Crippen LogP contribution in [-0.2, 0) is 9.59 Å². The van der Waals surface area contributed by atoms with E-state index in [2.05, 4.69) is 4.98 Å². The summed E-state index contributed by atoms with van der Waals surface area (Å²) in [5, 5.41) is 12.2. The number of carbonyl (C=O) groups excluding carboxylic acids is 2. The van der Waals surface area contributed by atoms with Crippen molar-refractivity contribution in [3.8, 4) is 17.2 Å². The van der Waals surface area contributed by atoms with E-state index in [9.17, 15) is 19.7 Å². The van der Waals surface area contributed by atoms with Crippen molar-refractivity contribution in [1.29, 1.82) is 0 Å². The van der Waals surface area contributed by atoms with Crippen molar-refractivity contribution in [2.24, 2.45) is 0 Å². The van der Waals surface area contributed by atoms with E-state index < -0.39 is 22.5 Å². The third kappa shape index (κ3) is 5.02. The van der Waals surface area contributed by atoms with Crippen LogP contribution in [0.3, 0.4) is 0 Å². The molecule has 1 aromatic heterocycles. The van der Waals surface area contributed by atoms with Gasteiger partial charge in [0.05, 0.1) is 17.7 Å². The van der Waals surface area contributed by atoms with E-state index in [0.717, 1.165) is 12.3 Å². The maximum Gasteiger partial charge on any atom is 0.316 e. The van der Waals surface area contributed by atoms with Crippen LogP contribution < -0.4 is 14.2 Å². The van der Waals surface area contributed by atoms with Crippen LogP contribution in [0.4, 0.5) is 5.69 Å². The minimum absolute atomic E-state index is 0.0488. The number of hydrogen-bond acceptors (Lipinski definition) is 8. The summed E-state index contributed by atoms with van der Waals surface area (Å²) >= 11 is 0. The fraction of sp³-hybridized carbons (Fsp3) is 0.136. The molecule has 0 aliphatic heterocycles. The highest BCUT2D eigenvalue weighted by molar-refractivity contribution is 5.88. The van der Waals surface area contributed by atoms with Gasteiger partial charge in [0.25, 0.3) is 0 Å². The van der Waals surface area contributed by atoms with Gasteiger partial charge in [0.15, 0.2) is 11.5 Å². The second kappa shape index (κ2) is 9.04. The van der Waals surface area contributed by atoms with E-state index in [0.29, 0.717) is 22.5 Å². The summed E-state index contributed by atoms with van der Waals surface area (Å²) in [6.45, 7) is 2.45. The largest absolute Gasteiger partial charge is 0.493 e. The number of aromatic nitrogens is 1. The number of pyridine rings is 1. The first kappa shape index (κ1) is 21.4. The summed E-state index contributed by atoms with van der Waals surface area (Å²) < 4.78 is 15.3. The molecule has 0 bridgehead atoms. The second-order valence-corrected chi connectivity index (χ2v) is 6.41. The number of nitro groups is 1. The minimum Gasteiger partial charge on any atom is -0.493 e. The number of rotatable bonds is 6. The van der Waals surface area contributed by atoms with Gasteiger partial charge in [-0.05, 0) is 29.8 Å². The molecule has 0 atom stereocenters. The van der Waals surface area contributed by atoms with Crippen LogP contribution in [-0.4, -0.2) is 29.0 Å². The monoisotopic (exact) mass is 422 g/mol. The number of benzene rings is 2. The Bertz CT molecular complexity index is 1220. The molecule has 0 aliphatic rings. The predicted octanol–water partition coefficient (Wildman–Crippen LogP) is 4.17. The van der Waals surface area contributed by atoms with Crippen LogP contribution in [0.2, 0.25) is 0 Å². The molecule has 9 heteroatoms. The Kier molecular flexibility index (Phi) is 6.25.